The van der Waals surface area contributed by atoms with Gasteiger partial charge in [0.2, 0.25) is 5.09 Å². The number of nitrogens with one attached hydrogen (secondary N) is 1. The average Bonchev–Trinajstić information content (AvgIpc) is 3.26. The summed E-state index contributed by atoms with van der Waals surface area (Å²) in [5.41, 5.74) is 0.558. The lowest BCUT2D eigenvalue weighted by Gasteiger charge is -2.12. The molecule has 4 aromatic rings. The van der Waals surface area contributed by atoms with Gasteiger partial charge in [-0.1, -0.05) is 0 Å². The van der Waals surface area contributed by atoms with E-state index >= 15 is 0 Å². The minimum atomic E-state index is -4.50. The minimum Gasteiger partial charge on any atom is -0.443 e. The first-order valence-electron chi connectivity index (χ1n) is 10.6. The zero-order chi connectivity index (χ0) is 26.1. The number of rotatable bonds is 8. The van der Waals surface area contributed by atoms with Crippen LogP contribution in [0.4, 0.5) is 17.6 Å². The summed E-state index contributed by atoms with van der Waals surface area (Å²) >= 11 is 0. The first-order valence-corrected chi connectivity index (χ1v) is 12.1. The van der Waals surface area contributed by atoms with Gasteiger partial charge >= 0.3 is 6.18 Å². The van der Waals surface area contributed by atoms with Crippen LogP contribution in [0.5, 0.6) is 0 Å². The van der Waals surface area contributed by atoms with Crippen LogP contribution in [0.25, 0.3) is 22.4 Å². The van der Waals surface area contributed by atoms with Crippen molar-refractivity contribution < 1.29 is 35.2 Å². The van der Waals surface area contributed by atoms with Crippen LogP contribution in [0, 0.1) is 5.82 Å². The third-order valence-electron chi connectivity index (χ3n) is 5.37. The number of ketones is 1. The molecular weight excluding hydrogens is 502 g/mol. The minimum absolute atomic E-state index is 0.0150. The van der Waals surface area contributed by atoms with Crippen molar-refractivity contribution in [2.45, 2.75) is 37.1 Å². The number of fused-ring (bicyclic) bond motifs is 1. The molecule has 0 saturated heterocycles. The molecule has 0 radical (unpaired) electrons. The van der Waals surface area contributed by atoms with Gasteiger partial charge in [0.15, 0.2) is 5.78 Å². The number of hydrogen-bond donors (Lipinski definition) is 1. The highest BCUT2D eigenvalue weighted by Gasteiger charge is 2.30. The molecule has 0 saturated carbocycles. The molecule has 0 bridgehead atoms. The fourth-order valence-corrected chi connectivity index (χ4v) is 4.64. The number of alkyl halides is 3. The van der Waals surface area contributed by atoms with E-state index in [1.165, 1.54) is 31.3 Å². The Bertz CT molecular complexity index is 1520. The molecule has 0 amide bonds. The fraction of sp³-hybridized carbons (Fsp3) is 0.208. The molecule has 4 rings (SSSR count). The van der Waals surface area contributed by atoms with Crippen molar-refractivity contribution in [3.8, 4) is 11.4 Å². The van der Waals surface area contributed by atoms with Crippen molar-refractivity contribution in [1.29, 1.82) is 0 Å². The highest BCUT2D eigenvalue weighted by molar-refractivity contribution is 7.89. The lowest BCUT2D eigenvalue weighted by molar-refractivity contribution is -0.137. The van der Waals surface area contributed by atoms with E-state index in [1.807, 2.05) is 0 Å². The number of halogens is 4. The van der Waals surface area contributed by atoms with Crippen LogP contribution in [0.15, 0.2) is 70.4 Å². The SMILES string of the molecule is C[C@H](NS(=O)(=O)c1cc2cc(F)ccc2o1)C(=O)CCc1ccnc(-c2ccc(C(F)(F)F)cn2)c1. The maximum Gasteiger partial charge on any atom is 0.417 e. The second kappa shape index (κ2) is 9.78. The van der Waals surface area contributed by atoms with E-state index in [9.17, 15) is 30.8 Å². The number of carbonyl (C=O) groups excluding carboxylic acids is 1. The fourth-order valence-electron chi connectivity index (χ4n) is 3.45. The lowest BCUT2D eigenvalue weighted by Crippen LogP contribution is -2.38. The number of nitrogens with zero attached hydrogens (tertiary/aromatic N) is 2. The van der Waals surface area contributed by atoms with Crippen molar-refractivity contribution in [2.24, 2.45) is 0 Å². The Labute approximate surface area is 203 Å². The molecule has 0 aliphatic carbocycles. The van der Waals surface area contributed by atoms with E-state index in [1.54, 1.807) is 12.1 Å². The van der Waals surface area contributed by atoms with Gasteiger partial charge in [0.25, 0.3) is 10.0 Å². The van der Waals surface area contributed by atoms with E-state index in [-0.39, 0.29) is 29.5 Å². The zero-order valence-electron chi connectivity index (χ0n) is 18.7. The molecule has 0 aliphatic rings. The van der Waals surface area contributed by atoms with Crippen LogP contribution >= 0.6 is 0 Å². The number of sulfonamides is 1. The predicted octanol–water partition coefficient (Wildman–Crippen LogP) is 4.92. The summed E-state index contributed by atoms with van der Waals surface area (Å²) in [6.07, 6.45) is -2.10. The molecule has 0 aliphatic heterocycles. The largest absolute Gasteiger partial charge is 0.443 e. The molecule has 12 heteroatoms. The number of aromatic nitrogens is 2. The molecule has 0 unspecified atom stereocenters. The monoisotopic (exact) mass is 521 g/mol. The molecule has 3 heterocycles. The van der Waals surface area contributed by atoms with Gasteiger partial charge in [-0.05, 0) is 61.4 Å². The number of benzene rings is 1. The van der Waals surface area contributed by atoms with Gasteiger partial charge in [0, 0.05) is 30.3 Å². The van der Waals surface area contributed by atoms with Gasteiger partial charge in [-0.15, -0.1) is 0 Å². The van der Waals surface area contributed by atoms with E-state index in [0.29, 0.717) is 11.3 Å². The van der Waals surface area contributed by atoms with Crippen molar-refractivity contribution in [1.82, 2.24) is 14.7 Å². The Balaban J connectivity index is 1.39. The molecule has 1 N–H and O–H groups in total. The normalized spacial score (nSPS) is 13.1. The smallest absolute Gasteiger partial charge is 0.417 e. The molecule has 0 spiro atoms. The summed E-state index contributed by atoms with van der Waals surface area (Å²) in [5, 5.41) is -0.170. The van der Waals surface area contributed by atoms with E-state index in [2.05, 4.69) is 14.7 Å². The van der Waals surface area contributed by atoms with Crippen LogP contribution in [-0.2, 0) is 27.4 Å². The van der Waals surface area contributed by atoms with E-state index < -0.39 is 44.5 Å². The van der Waals surface area contributed by atoms with Gasteiger partial charge in [-0.3, -0.25) is 14.8 Å². The molecule has 1 atom stereocenters. The van der Waals surface area contributed by atoms with E-state index in [4.69, 9.17) is 4.42 Å². The Kier molecular flexibility index (Phi) is 6.92. The first-order chi connectivity index (χ1) is 16.9. The van der Waals surface area contributed by atoms with Crippen molar-refractivity contribution in [3.05, 3.63) is 77.9 Å². The van der Waals surface area contributed by atoms with Crippen LogP contribution in [-0.4, -0.2) is 30.2 Å². The van der Waals surface area contributed by atoms with Crippen LogP contribution in [0.1, 0.15) is 24.5 Å². The summed E-state index contributed by atoms with van der Waals surface area (Å²) < 4.78 is 84.4. The summed E-state index contributed by atoms with van der Waals surface area (Å²) in [6.45, 7) is 1.40. The number of carbonyl (C=O) groups is 1. The Morgan fingerprint density at radius 2 is 1.83 bits per heavy atom. The van der Waals surface area contributed by atoms with Crippen LogP contribution in [0.3, 0.4) is 0 Å². The summed E-state index contributed by atoms with van der Waals surface area (Å²) in [5.74, 6) is -0.941. The van der Waals surface area contributed by atoms with Gasteiger partial charge in [0.1, 0.15) is 11.4 Å². The molecule has 7 nitrogen and oxygen atoms in total. The van der Waals surface area contributed by atoms with Gasteiger partial charge in [-0.2, -0.15) is 17.9 Å². The van der Waals surface area contributed by atoms with Crippen molar-refractivity contribution >= 4 is 26.8 Å². The second-order valence-electron chi connectivity index (χ2n) is 8.04. The first kappa shape index (κ1) is 25.5. The molecule has 36 heavy (non-hydrogen) atoms. The highest BCUT2D eigenvalue weighted by Crippen LogP contribution is 2.29. The zero-order valence-corrected chi connectivity index (χ0v) is 19.5. The number of furan rings is 1. The Morgan fingerprint density at radius 3 is 2.53 bits per heavy atom. The van der Waals surface area contributed by atoms with E-state index in [0.717, 1.165) is 24.4 Å². The predicted molar refractivity (Wildman–Crippen MR) is 122 cm³/mol. The summed E-state index contributed by atoms with van der Waals surface area (Å²) in [4.78, 5) is 20.5. The van der Waals surface area contributed by atoms with Gasteiger partial charge in [-0.25, -0.2) is 12.8 Å². The molecular formula is C24H19F4N3O4S. The third kappa shape index (κ3) is 5.77. The molecule has 3 aromatic heterocycles. The number of pyridine rings is 2. The third-order valence-corrected chi connectivity index (χ3v) is 6.77. The average molecular weight is 521 g/mol. The van der Waals surface area contributed by atoms with Crippen molar-refractivity contribution in [2.75, 3.05) is 0 Å². The summed E-state index contributed by atoms with van der Waals surface area (Å²) in [7, 11) is -4.18. The number of aryl methyl sites for hydroxylation is 1. The summed E-state index contributed by atoms with van der Waals surface area (Å²) in [6, 6.07) is 9.05. The maximum absolute atomic E-state index is 13.4. The van der Waals surface area contributed by atoms with Gasteiger partial charge < -0.3 is 4.42 Å². The van der Waals surface area contributed by atoms with Crippen molar-refractivity contribution in [3.63, 3.8) is 0 Å². The highest BCUT2D eigenvalue weighted by atomic mass is 32.2. The lowest BCUT2D eigenvalue weighted by atomic mass is 10.0. The van der Waals surface area contributed by atoms with Gasteiger partial charge in [0.05, 0.1) is 23.0 Å². The topological polar surface area (TPSA) is 102 Å². The number of Topliss-reactive ketones (excluding diaryl/α,β-unsaturated/α-hetero) is 1. The Morgan fingerprint density at radius 1 is 1.06 bits per heavy atom. The Hall–Kier alpha value is -3.64. The maximum atomic E-state index is 13.4. The molecule has 0 fully saturated rings. The standard InChI is InChI=1S/C24H19F4N3O4S/c1-14(31-36(33,34)23-12-16-11-18(25)4-7-22(16)35-23)21(32)6-2-15-8-9-29-20(10-15)19-5-3-17(13-30-19)24(26,27)28/h3-5,7-14,31H,2,6H2,1H3/t14-/m0/s1. The second-order valence-corrected chi connectivity index (χ2v) is 9.68. The number of hydrogen-bond acceptors (Lipinski definition) is 6. The molecule has 188 valence electrons. The quantitative estimate of drug-likeness (QED) is 0.331. The van der Waals surface area contributed by atoms with Crippen LogP contribution in [0.2, 0.25) is 0 Å². The van der Waals surface area contributed by atoms with Crippen LogP contribution < -0.4 is 4.72 Å². The molecule has 1 aromatic carbocycles.